The molecule has 5 heteroatoms. The zero-order valence-electron chi connectivity index (χ0n) is 16.3. The van der Waals surface area contributed by atoms with Crippen LogP contribution in [0.5, 0.6) is 5.75 Å². The average molecular weight is 366 g/mol. The number of ether oxygens (including phenoxy) is 1. The fraction of sp³-hybridized carbons (Fsp3) is 0.364. The summed E-state index contributed by atoms with van der Waals surface area (Å²) in [5, 5.41) is 2.98. The first-order valence-corrected chi connectivity index (χ1v) is 9.14. The first-order valence-electron chi connectivity index (χ1n) is 9.14. The van der Waals surface area contributed by atoms with Gasteiger partial charge in [-0.2, -0.15) is 0 Å². The Morgan fingerprint density at radius 3 is 2.26 bits per heavy atom. The lowest BCUT2D eigenvalue weighted by Crippen LogP contribution is -2.37. The molecule has 1 aliphatic heterocycles. The number of methoxy groups -OCH3 is 1. The second-order valence-corrected chi connectivity index (χ2v) is 7.90. The smallest absolute Gasteiger partial charge is 0.251 e. The monoisotopic (exact) mass is 366 g/mol. The van der Waals surface area contributed by atoms with Crippen LogP contribution < -0.4 is 15.0 Å². The van der Waals surface area contributed by atoms with E-state index in [2.05, 4.69) is 26.1 Å². The SMILES string of the molecule is COc1ccc(N2CC(NC(=O)c3ccc(C(C)(C)C)cc3)CC2=O)cc1. The number of nitrogens with one attached hydrogen (secondary N) is 1. The number of carbonyl (C=O) groups excluding carboxylic acids is 2. The highest BCUT2D eigenvalue weighted by Crippen LogP contribution is 2.25. The molecule has 1 saturated heterocycles. The average Bonchev–Trinajstić information content (AvgIpc) is 3.01. The van der Waals surface area contributed by atoms with Gasteiger partial charge in [-0.05, 0) is 47.4 Å². The molecule has 1 unspecified atom stereocenters. The predicted molar refractivity (Wildman–Crippen MR) is 106 cm³/mol. The number of benzene rings is 2. The van der Waals surface area contributed by atoms with Crippen molar-refractivity contribution in [1.82, 2.24) is 5.32 Å². The van der Waals surface area contributed by atoms with Crippen molar-refractivity contribution in [2.24, 2.45) is 0 Å². The normalized spacial score (nSPS) is 17.1. The van der Waals surface area contributed by atoms with Crippen molar-refractivity contribution < 1.29 is 14.3 Å². The number of carbonyl (C=O) groups is 2. The summed E-state index contributed by atoms with van der Waals surface area (Å²) in [5.74, 6) is 0.604. The van der Waals surface area contributed by atoms with Crippen LogP contribution in [0.3, 0.4) is 0 Å². The summed E-state index contributed by atoms with van der Waals surface area (Å²) >= 11 is 0. The summed E-state index contributed by atoms with van der Waals surface area (Å²) in [7, 11) is 1.61. The van der Waals surface area contributed by atoms with E-state index >= 15 is 0 Å². The number of hydrogen-bond donors (Lipinski definition) is 1. The molecule has 142 valence electrons. The van der Waals surface area contributed by atoms with Gasteiger partial charge in [0.25, 0.3) is 5.91 Å². The maximum absolute atomic E-state index is 12.5. The number of anilines is 1. The summed E-state index contributed by atoms with van der Waals surface area (Å²) < 4.78 is 5.15. The molecule has 0 saturated carbocycles. The van der Waals surface area contributed by atoms with E-state index in [-0.39, 0.29) is 23.3 Å². The zero-order chi connectivity index (χ0) is 19.6. The van der Waals surface area contributed by atoms with Crippen LogP contribution in [0.15, 0.2) is 48.5 Å². The highest BCUT2D eigenvalue weighted by Gasteiger charge is 2.31. The van der Waals surface area contributed by atoms with Gasteiger partial charge in [0, 0.05) is 24.2 Å². The van der Waals surface area contributed by atoms with Crippen LogP contribution in [0, 0.1) is 0 Å². The van der Waals surface area contributed by atoms with E-state index in [4.69, 9.17) is 4.74 Å². The van der Waals surface area contributed by atoms with Gasteiger partial charge in [-0.3, -0.25) is 9.59 Å². The van der Waals surface area contributed by atoms with E-state index in [1.807, 2.05) is 48.5 Å². The van der Waals surface area contributed by atoms with Gasteiger partial charge >= 0.3 is 0 Å². The first-order chi connectivity index (χ1) is 12.8. The van der Waals surface area contributed by atoms with Crippen LogP contribution in [0.25, 0.3) is 0 Å². The van der Waals surface area contributed by atoms with Gasteiger partial charge in [-0.25, -0.2) is 0 Å². The van der Waals surface area contributed by atoms with Crippen LogP contribution in [-0.2, 0) is 10.2 Å². The third-order valence-corrected chi connectivity index (χ3v) is 4.86. The lowest BCUT2D eigenvalue weighted by Gasteiger charge is -2.19. The van der Waals surface area contributed by atoms with Gasteiger partial charge in [-0.1, -0.05) is 32.9 Å². The Balaban J connectivity index is 1.64. The molecule has 1 heterocycles. The topological polar surface area (TPSA) is 58.6 Å². The maximum atomic E-state index is 12.5. The molecular weight excluding hydrogens is 340 g/mol. The molecule has 2 amide bonds. The van der Waals surface area contributed by atoms with Crippen molar-refractivity contribution in [1.29, 1.82) is 0 Å². The van der Waals surface area contributed by atoms with Gasteiger partial charge in [0.2, 0.25) is 5.91 Å². The van der Waals surface area contributed by atoms with Gasteiger partial charge < -0.3 is 15.0 Å². The Hall–Kier alpha value is -2.82. The molecule has 0 radical (unpaired) electrons. The van der Waals surface area contributed by atoms with E-state index < -0.39 is 0 Å². The lowest BCUT2D eigenvalue weighted by molar-refractivity contribution is -0.117. The number of hydrogen-bond acceptors (Lipinski definition) is 3. The van der Waals surface area contributed by atoms with Gasteiger partial charge in [0.05, 0.1) is 13.2 Å². The Morgan fingerprint density at radius 2 is 1.70 bits per heavy atom. The minimum Gasteiger partial charge on any atom is -0.497 e. The van der Waals surface area contributed by atoms with Gasteiger partial charge in [-0.15, -0.1) is 0 Å². The second-order valence-electron chi connectivity index (χ2n) is 7.90. The van der Waals surface area contributed by atoms with Crippen LogP contribution >= 0.6 is 0 Å². The molecule has 2 aromatic rings. The summed E-state index contributed by atoms with van der Waals surface area (Å²) in [6.07, 6.45) is 0.303. The van der Waals surface area contributed by atoms with Crippen molar-refractivity contribution in [2.45, 2.75) is 38.6 Å². The Morgan fingerprint density at radius 1 is 1.07 bits per heavy atom. The fourth-order valence-corrected chi connectivity index (χ4v) is 3.21. The van der Waals surface area contributed by atoms with Crippen molar-refractivity contribution in [2.75, 3.05) is 18.6 Å². The molecule has 0 bridgehead atoms. The molecule has 1 aliphatic rings. The van der Waals surface area contributed by atoms with E-state index in [0.29, 0.717) is 18.5 Å². The van der Waals surface area contributed by atoms with Crippen LogP contribution in [0.4, 0.5) is 5.69 Å². The van der Waals surface area contributed by atoms with Crippen LogP contribution in [0.1, 0.15) is 43.1 Å². The lowest BCUT2D eigenvalue weighted by atomic mass is 9.86. The third-order valence-electron chi connectivity index (χ3n) is 4.86. The fourth-order valence-electron chi connectivity index (χ4n) is 3.21. The zero-order valence-corrected chi connectivity index (χ0v) is 16.3. The first kappa shape index (κ1) is 19.0. The van der Waals surface area contributed by atoms with Crippen molar-refractivity contribution >= 4 is 17.5 Å². The number of nitrogens with zero attached hydrogens (tertiary/aromatic N) is 1. The van der Waals surface area contributed by atoms with Gasteiger partial charge in [0.15, 0.2) is 0 Å². The Labute approximate surface area is 160 Å². The summed E-state index contributed by atoms with van der Waals surface area (Å²) in [6, 6.07) is 14.8. The molecule has 1 atom stereocenters. The summed E-state index contributed by atoms with van der Waals surface area (Å²) in [4.78, 5) is 26.6. The van der Waals surface area contributed by atoms with E-state index in [1.165, 1.54) is 5.56 Å². The number of rotatable bonds is 4. The largest absolute Gasteiger partial charge is 0.497 e. The molecule has 1 fully saturated rings. The molecule has 0 aliphatic carbocycles. The van der Waals surface area contributed by atoms with Crippen molar-refractivity contribution in [3.8, 4) is 5.75 Å². The Kier molecular flexibility index (Phi) is 5.22. The molecule has 0 spiro atoms. The summed E-state index contributed by atoms with van der Waals surface area (Å²) in [5.41, 5.74) is 2.65. The molecule has 27 heavy (non-hydrogen) atoms. The molecule has 2 aromatic carbocycles. The number of amides is 2. The minimum absolute atomic E-state index is 0.00791. The van der Waals surface area contributed by atoms with Crippen molar-refractivity contribution in [3.05, 3.63) is 59.7 Å². The highest BCUT2D eigenvalue weighted by atomic mass is 16.5. The molecule has 5 nitrogen and oxygen atoms in total. The van der Waals surface area contributed by atoms with Gasteiger partial charge in [0.1, 0.15) is 5.75 Å². The molecule has 3 rings (SSSR count). The predicted octanol–water partition coefficient (Wildman–Crippen LogP) is 3.53. The standard InChI is InChI=1S/C22H26N2O3/c1-22(2,3)16-7-5-15(6-8-16)21(26)23-17-13-20(25)24(14-17)18-9-11-19(27-4)12-10-18/h5-12,17H,13-14H2,1-4H3,(H,23,26). The second kappa shape index (κ2) is 7.43. The van der Waals surface area contributed by atoms with E-state index in [9.17, 15) is 9.59 Å². The van der Waals surface area contributed by atoms with E-state index in [0.717, 1.165) is 11.4 Å². The third kappa shape index (κ3) is 4.30. The maximum Gasteiger partial charge on any atom is 0.251 e. The quantitative estimate of drug-likeness (QED) is 0.901. The summed E-state index contributed by atoms with van der Waals surface area (Å²) in [6.45, 7) is 6.89. The Bertz CT molecular complexity index is 820. The van der Waals surface area contributed by atoms with Crippen LogP contribution in [0.2, 0.25) is 0 Å². The molecular formula is C22H26N2O3. The molecule has 0 aromatic heterocycles. The molecule has 1 N–H and O–H groups in total. The van der Waals surface area contributed by atoms with Crippen molar-refractivity contribution in [3.63, 3.8) is 0 Å². The van der Waals surface area contributed by atoms with E-state index in [1.54, 1.807) is 12.0 Å². The highest BCUT2D eigenvalue weighted by molar-refractivity contribution is 5.99. The van der Waals surface area contributed by atoms with Crippen LogP contribution in [-0.4, -0.2) is 31.5 Å². The minimum atomic E-state index is -0.200.